The van der Waals surface area contributed by atoms with Crippen molar-refractivity contribution in [2.24, 2.45) is 0 Å². The molecule has 3 N–H and O–H groups in total. The second kappa shape index (κ2) is 8.18. The van der Waals surface area contributed by atoms with E-state index in [1.54, 1.807) is 18.2 Å². The fraction of sp³-hybridized carbons (Fsp3) is 0.130. The minimum absolute atomic E-state index is 0.0525. The number of rotatable bonds is 4. The van der Waals surface area contributed by atoms with Gasteiger partial charge in [-0.1, -0.05) is 35.9 Å². The molecule has 0 bridgehead atoms. The van der Waals surface area contributed by atoms with Gasteiger partial charge in [-0.2, -0.15) is 4.31 Å². The lowest BCUT2D eigenvalue weighted by atomic mass is 10.0. The summed E-state index contributed by atoms with van der Waals surface area (Å²) in [5.74, 6) is -0.496. The van der Waals surface area contributed by atoms with E-state index >= 15 is 0 Å². The first-order valence-electron chi connectivity index (χ1n) is 10.2. The number of carbonyl (C=O) groups is 1. The van der Waals surface area contributed by atoms with E-state index in [9.17, 15) is 18.0 Å². The van der Waals surface area contributed by atoms with Gasteiger partial charge >= 0.3 is 5.69 Å². The summed E-state index contributed by atoms with van der Waals surface area (Å²) in [5.41, 5.74) is 3.50. The van der Waals surface area contributed by atoms with Crippen LogP contribution in [0.15, 0.2) is 70.4 Å². The number of H-pyrrole nitrogens is 2. The Hall–Kier alpha value is -3.40. The maximum absolute atomic E-state index is 13.4. The van der Waals surface area contributed by atoms with E-state index in [-0.39, 0.29) is 27.7 Å². The lowest BCUT2D eigenvalue weighted by Gasteiger charge is -2.28. The number of nitrogens with zero attached hydrogens (tertiary/aromatic N) is 1. The van der Waals surface area contributed by atoms with Crippen LogP contribution in [0.25, 0.3) is 11.0 Å². The molecule has 10 heteroatoms. The number of aromatic nitrogens is 2. The normalized spacial score (nSPS) is 14.2. The molecule has 0 fully saturated rings. The topological polar surface area (TPSA) is 115 Å². The molecular weight excluding hydrogens is 464 g/mol. The Kier molecular flexibility index (Phi) is 5.32. The molecule has 3 aromatic carbocycles. The SMILES string of the molecule is O=C(Nc1ccc2[nH]c(=O)[nH]c2c1)c1ccc(Cl)c(S(=O)(=O)N2CCc3ccccc3C2)c1. The van der Waals surface area contributed by atoms with Gasteiger partial charge in [0.25, 0.3) is 5.91 Å². The molecule has 0 atom stereocenters. The molecular formula is C23H19ClN4O4S. The van der Waals surface area contributed by atoms with Gasteiger partial charge in [0.2, 0.25) is 10.0 Å². The minimum Gasteiger partial charge on any atom is -0.322 e. The number of hydrogen-bond acceptors (Lipinski definition) is 4. The number of carbonyl (C=O) groups excluding carboxylic acids is 1. The lowest BCUT2D eigenvalue weighted by Crippen LogP contribution is -2.36. The van der Waals surface area contributed by atoms with Gasteiger partial charge in [-0.3, -0.25) is 4.79 Å². The van der Waals surface area contributed by atoms with Gasteiger partial charge in [0.05, 0.1) is 16.1 Å². The van der Waals surface area contributed by atoms with Crippen molar-refractivity contribution in [2.75, 3.05) is 11.9 Å². The Balaban J connectivity index is 1.42. The van der Waals surface area contributed by atoms with Gasteiger partial charge in [-0.05, 0) is 53.9 Å². The van der Waals surface area contributed by atoms with Crippen LogP contribution in [0.3, 0.4) is 0 Å². The summed E-state index contributed by atoms with van der Waals surface area (Å²) >= 11 is 6.26. The predicted octanol–water partition coefficient (Wildman–Crippen LogP) is 3.51. The number of benzene rings is 3. The molecule has 33 heavy (non-hydrogen) atoms. The largest absolute Gasteiger partial charge is 0.323 e. The number of fused-ring (bicyclic) bond motifs is 2. The van der Waals surface area contributed by atoms with Gasteiger partial charge < -0.3 is 15.3 Å². The quantitative estimate of drug-likeness (QED) is 0.413. The summed E-state index contributed by atoms with van der Waals surface area (Å²) in [7, 11) is -3.91. The third-order valence-electron chi connectivity index (χ3n) is 5.68. The fourth-order valence-electron chi connectivity index (χ4n) is 3.97. The smallest absolute Gasteiger partial charge is 0.322 e. The van der Waals surface area contributed by atoms with Crippen molar-refractivity contribution in [3.05, 3.63) is 92.9 Å². The number of hydrogen-bond donors (Lipinski definition) is 3. The predicted molar refractivity (Wildman–Crippen MR) is 126 cm³/mol. The average Bonchev–Trinajstić information content (AvgIpc) is 3.18. The lowest BCUT2D eigenvalue weighted by molar-refractivity contribution is 0.102. The zero-order valence-corrected chi connectivity index (χ0v) is 18.8. The van der Waals surface area contributed by atoms with Gasteiger partial charge in [-0.25, -0.2) is 13.2 Å². The molecule has 0 unspecified atom stereocenters. The second-order valence-electron chi connectivity index (χ2n) is 7.80. The van der Waals surface area contributed by atoms with Crippen LogP contribution in [-0.2, 0) is 23.0 Å². The highest BCUT2D eigenvalue weighted by molar-refractivity contribution is 7.89. The Morgan fingerprint density at radius 1 is 0.970 bits per heavy atom. The van der Waals surface area contributed by atoms with Gasteiger partial charge in [0.15, 0.2) is 0 Å². The van der Waals surface area contributed by atoms with Crippen molar-refractivity contribution in [1.29, 1.82) is 0 Å². The highest BCUT2D eigenvalue weighted by Gasteiger charge is 2.30. The molecule has 0 aliphatic carbocycles. The monoisotopic (exact) mass is 482 g/mol. The Morgan fingerprint density at radius 3 is 2.55 bits per heavy atom. The molecule has 0 radical (unpaired) electrons. The van der Waals surface area contributed by atoms with Crippen molar-refractivity contribution in [3.8, 4) is 0 Å². The minimum atomic E-state index is -3.91. The Morgan fingerprint density at radius 2 is 1.73 bits per heavy atom. The zero-order chi connectivity index (χ0) is 23.2. The first-order chi connectivity index (χ1) is 15.8. The van der Waals surface area contributed by atoms with Crippen molar-refractivity contribution >= 4 is 44.3 Å². The van der Waals surface area contributed by atoms with E-state index in [2.05, 4.69) is 15.3 Å². The molecule has 0 saturated heterocycles. The fourth-order valence-corrected chi connectivity index (χ4v) is 5.89. The van der Waals surface area contributed by atoms with Gasteiger partial charge in [-0.15, -0.1) is 0 Å². The molecule has 8 nitrogen and oxygen atoms in total. The van der Waals surface area contributed by atoms with Crippen LogP contribution in [0.2, 0.25) is 5.02 Å². The van der Waals surface area contributed by atoms with Crippen molar-refractivity contribution in [3.63, 3.8) is 0 Å². The molecule has 4 aromatic rings. The number of anilines is 1. The van der Waals surface area contributed by atoms with Gasteiger partial charge in [0, 0.05) is 24.3 Å². The van der Waals surface area contributed by atoms with E-state index in [0.717, 1.165) is 11.1 Å². The van der Waals surface area contributed by atoms with Crippen molar-refractivity contribution in [1.82, 2.24) is 14.3 Å². The van der Waals surface area contributed by atoms with Crippen LogP contribution < -0.4 is 11.0 Å². The Labute approximate surface area is 194 Å². The average molecular weight is 483 g/mol. The third-order valence-corrected chi connectivity index (χ3v) is 8.01. The summed E-state index contributed by atoms with van der Waals surface area (Å²) in [6.07, 6.45) is 0.608. The number of sulfonamides is 1. The first kappa shape index (κ1) is 21.4. The first-order valence-corrected chi connectivity index (χ1v) is 12.0. The standard InChI is InChI=1S/C23H19ClN4O4S/c24-18-7-5-15(22(29)25-17-6-8-19-20(12-17)27-23(30)26-19)11-21(18)33(31,32)28-10-9-14-3-1-2-4-16(14)13-28/h1-8,11-12H,9-10,13H2,(H,25,29)(H2,26,27,30). The van der Waals surface area contributed by atoms with E-state index < -0.39 is 15.9 Å². The molecule has 2 heterocycles. The molecule has 5 rings (SSSR count). The molecule has 1 aliphatic heterocycles. The van der Waals surface area contributed by atoms with Gasteiger partial charge in [0.1, 0.15) is 4.90 Å². The summed E-state index contributed by atoms with van der Waals surface area (Å²) in [6, 6.07) is 16.8. The molecule has 1 amide bonds. The summed E-state index contributed by atoms with van der Waals surface area (Å²) in [5, 5.41) is 2.78. The number of nitrogens with one attached hydrogen (secondary N) is 3. The maximum Gasteiger partial charge on any atom is 0.323 e. The van der Waals surface area contributed by atoms with Crippen LogP contribution in [0.1, 0.15) is 21.5 Å². The molecule has 0 saturated carbocycles. The van der Waals surface area contributed by atoms with Crippen LogP contribution in [-0.4, -0.2) is 35.1 Å². The van der Waals surface area contributed by atoms with Crippen LogP contribution in [0.4, 0.5) is 5.69 Å². The molecule has 1 aromatic heterocycles. The van der Waals surface area contributed by atoms with Crippen LogP contribution >= 0.6 is 11.6 Å². The van der Waals surface area contributed by atoms with Crippen molar-refractivity contribution < 1.29 is 13.2 Å². The summed E-state index contributed by atoms with van der Waals surface area (Å²) in [4.78, 5) is 29.4. The summed E-state index contributed by atoms with van der Waals surface area (Å²) in [6.45, 7) is 0.584. The Bertz CT molecular complexity index is 1560. The number of halogens is 1. The zero-order valence-electron chi connectivity index (χ0n) is 17.3. The van der Waals surface area contributed by atoms with Crippen molar-refractivity contribution in [2.45, 2.75) is 17.9 Å². The third kappa shape index (κ3) is 4.06. The number of imidazole rings is 1. The van der Waals surface area contributed by atoms with Crippen LogP contribution in [0, 0.1) is 0 Å². The van der Waals surface area contributed by atoms with E-state index in [0.29, 0.717) is 29.7 Å². The molecule has 1 aliphatic rings. The molecule has 0 spiro atoms. The highest BCUT2D eigenvalue weighted by atomic mass is 35.5. The van der Waals surface area contributed by atoms with E-state index in [1.807, 2.05) is 24.3 Å². The number of amides is 1. The second-order valence-corrected chi connectivity index (χ2v) is 10.1. The van der Waals surface area contributed by atoms with E-state index in [1.165, 1.54) is 22.5 Å². The van der Waals surface area contributed by atoms with Crippen LogP contribution in [0.5, 0.6) is 0 Å². The summed E-state index contributed by atoms with van der Waals surface area (Å²) < 4.78 is 28.1. The highest BCUT2D eigenvalue weighted by Crippen LogP contribution is 2.30. The molecule has 168 valence electrons. The number of aromatic amines is 2. The van der Waals surface area contributed by atoms with E-state index in [4.69, 9.17) is 11.6 Å². The maximum atomic E-state index is 13.4.